The number of carbonyl (C=O) groups excluding carboxylic acids is 1. The summed E-state index contributed by atoms with van der Waals surface area (Å²) in [5.74, 6) is 5.58. The van der Waals surface area contributed by atoms with Gasteiger partial charge in [-0.1, -0.05) is 6.42 Å². The number of nitrogens with zero attached hydrogens (tertiary/aromatic N) is 1. The van der Waals surface area contributed by atoms with Gasteiger partial charge in [0.15, 0.2) is 0 Å². The fourth-order valence-corrected chi connectivity index (χ4v) is 2.04. The topological polar surface area (TPSA) is 55.6 Å². The molecule has 0 aromatic carbocycles. The Kier molecular flexibility index (Phi) is 5.32. The highest BCUT2D eigenvalue weighted by molar-refractivity contribution is 5.88. The van der Waals surface area contributed by atoms with E-state index in [2.05, 4.69) is 0 Å². The third kappa shape index (κ3) is 3.23. The van der Waals surface area contributed by atoms with Crippen LogP contribution in [0.1, 0.15) is 46.0 Å². The van der Waals surface area contributed by atoms with Gasteiger partial charge in [0, 0.05) is 6.54 Å². The molecule has 0 amide bonds. The average molecular weight is 226 g/mol. The predicted molar refractivity (Wildman–Crippen MR) is 63.3 cm³/mol. The molecule has 0 bridgehead atoms. The highest BCUT2D eigenvalue weighted by atomic mass is 16.5. The van der Waals surface area contributed by atoms with Crippen molar-refractivity contribution in [1.82, 2.24) is 5.01 Å². The van der Waals surface area contributed by atoms with Crippen molar-refractivity contribution in [1.29, 1.82) is 0 Å². The fourth-order valence-electron chi connectivity index (χ4n) is 2.04. The van der Waals surface area contributed by atoms with Crippen molar-refractivity contribution < 1.29 is 9.53 Å². The van der Waals surface area contributed by atoms with E-state index in [1.807, 2.05) is 13.8 Å². The summed E-state index contributed by atoms with van der Waals surface area (Å²) in [7, 11) is 0. The highest BCUT2D eigenvalue weighted by Crippen LogP contribution is 2.27. The maximum atomic E-state index is 11.8. The van der Waals surface area contributed by atoms with Gasteiger partial charge in [-0.15, -0.1) is 0 Å². The van der Waals surface area contributed by atoms with Crippen LogP contribution < -0.4 is 5.84 Å². The van der Waals surface area contributed by atoms with Crippen molar-refractivity contribution in [2.24, 2.45) is 5.84 Å². The summed E-state index contributed by atoms with van der Waals surface area (Å²) >= 11 is 0. The van der Waals surface area contributed by atoms with E-state index in [9.17, 15) is 4.79 Å². The van der Waals surface area contributed by atoms with Gasteiger partial charge in [-0.2, -0.15) is 0 Å². The van der Waals surface area contributed by atoms with Gasteiger partial charge in [-0.25, -0.2) is 10.6 Å². The van der Waals surface area contributed by atoms with Crippen LogP contribution in [0.4, 0.5) is 0 Å². The molecular weight excluding hydrogens is 204 g/mol. The first-order valence-corrected chi connectivity index (χ1v) is 6.12. The number of allylic oxidation sites excluding steroid dienone is 1. The molecule has 0 spiro atoms. The number of esters is 1. The molecule has 2 N–H and O–H groups in total. The quantitative estimate of drug-likeness (QED) is 0.344. The lowest BCUT2D eigenvalue weighted by Gasteiger charge is -2.24. The number of nitrogens with two attached hydrogens (primary N) is 1. The first kappa shape index (κ1) is 13.0. The lowest BCUT2D eigenvalue weighted by atomic mass is 9.93. The Bertz CT molecular complexity index is 266. The number of hydrogen-bond donors (Lipinski definition) is 1. The van der Waals surface area contributed by atoms with Crippen LogP contribution in [-0.2, 0) is 9.53 Å². The molecule has 0 atom stereocenters. The molecule has 4 heteroatoms. The second-order valence-corrected chi connectivity index (χ2v) is 4.02. The van der Waals surface area contributed by atoms with Gasteiger partial charge in [0.05, 0.1) is 6.61 Å². The monoisotopic (exact) mass is 226 g/mol. The number of likely N-dealkylation sites (N-methyl/N-ethyl adjacent to an activating group) is 1. The third-order valence-electron chi connectivity index (χ3n) is 2.89. The van der Waals surface area contributed by atoms with Crippen LogP contribution in [0.5, 0.6) is 0 Å². The number of ether oxygens (including phenoxy) is 1. The zero-order valence-corrected chi connectivity index (χ0v) is 10.3. The van der Waals surface area contributed by atoms with Crippen molar-refractivity contribution in [3.63, 3.8) is 0 Å². The summed E-state index contributed by atoms with van der Waals surface area (Å²) in [6.45, 7) is 4.77. The molecule has 1 aliphatic carbocycles. The zero-order chi connectivity index (χ0) is 12.0. The summed E-state index contributed by atoms with van der Waals surface area (Å²) in [6, 6.07) is 0. The molecular formula is C12H22N2O2. The number of hydrazine groups is 1. The Morgan fingerprint density at radius 3 is 2.44 bits per heavy atom. The van der Waals surface area contributed by atoms with E-state index >= 15 is 0 Å². The molecule has 0 heterocycles. The molecule has 0 aliphatic heterocycles. The van der Waals surface area contributed by atoms with Crippen LogP contribution >= 0.6 is 0 Å². The predicted octanol–water partition coefficient (Wildman–Crippen LogP) is 1.96. The maximum Gasteiger partial charge on any atom is 0.355 e. The second-order valence-electron chi connectivity index (χ2n) is 4.02. The first-order chi connectivity index (χ1) is 7.70. The average Bonchev–Trinajstić information content (AvgIpc) is 2.31. The SMILES string of the molecule is CCOC(=O)C(=C1CCCCC1)N(N)CC. The van der Waals surface area contributed by atoms with Crippen LogP contribution in [0.15, 0.2) is 11.3 Å². The van der Waals surface area contributed by atoms with Crippen molar-refractivity contribution in [3.8, 4) is 0 Å². The molecule has 1 saturated carbocycles. The van der Waals surface area contributed by atoms with E-state index in [-0.39, 0.29) is 5.97 Å². The number of rotatable bonds is 4. The van der Waals surface area contributed by atoms with Gasteiger partial charge < -0.3 is 9.75 Å². The van der Waals surface area contributed by atoms with Gasteiger partial charge >= 0.3 is 5.97 Å². The summed E-state index contributed by atoms with van der Waals surface area (Å²) in [6.07, 6.45) is 5.49. The largest absolute Gasteiger partial charge is 0.461 e. The Morgan fingerprint density at radius 2 is 1.94 bits per heavy atom. The number of hydrogen-bond acceptors (Lipinski definition) is 4. The highest BCUT2D eigenvalue weighted by Gasteiger charge is 2.21. The first-order valence-electron chi connectivity index (χ1n) is 6.12. The molecule has 0 aromatic heterocycles. The summed E-state index contributed by atoms with van der Waals surface area (Å²) in [5, 5.41) is 1.51. The van der Waals surface area contributed by atoms with Crippen LogP contribution in [0.2, 0.25) is 0 Å². The molecule has 1 fully saturated rings. The molecule has 4 nitrogen and oxygen atoms in total. The van der Waals surface area contributed by atoms with Gasteiger partial charge in [0.25, 0.3) is 0 Å². The van der Waals surface area contributed by atoms with E-state index in [1.54, 1.807) is 0 Å². The minimum absolute atomic E-state index is 0.274. The lowest BCUT2D eigenvalue weighted by molar-refractivity contribution is -0.140. The molecule has 0 radical (unpaired) electrons. The normalized spacial score (nSPS) is 15.8. The van der Waals surface area contributed by atoms with E-state index < -0.39 is 0 Å². The van der Waals surface area contributed by atoms with Gasteiger partial charge in [0.2, 0.25) is 0 Å². The molecule has 1 rings (SSSR count). The summed E-state index contributed by atoms with van der Waals surface area (Å²) in [4.78, 5) is 11.8. The Balaban J connectivity index is 2.88. The second kappa shape index (κ2) is 6.53. The van der Waals surface area contributed by atoms with Crippen molar-refractivity contribution >= 4 is 5.97 Å². The van der Waals surface area contributed by atoms with Crippen molar-refractivity contribution in [3.05, 3.63) is 11.3 Å². The van der Waals surface area contributed by atoms with Crippen LogP contribution in [0.3, 0.4) is 0 Å². The Labute approximate surface area is 97.4 Å². The van der Waals surface area contributed by atoms with E-state index in [0.717, 1.165) is 31.3 Å². The minimum Gasteiger partial charge on any atom is -0.461 e. The van der Waals surface area contributed by atoms with Crippen molar-refractivity contribution in [2.75, 3.05) is 13.2 Å². The van der Waals surface area contributed by atoms with Crippen LogP contribution in [0.25, 0.3) is 0 Å². The maximum absolute atomic E-state index is 11.8. The smallest absolute Gasteiger partial charge is 0.355 e. The lowest BCUT2D eigenvalue weighted by Crippen LogP contribution is -2.36. The summed E-state index contributed by atoms with van der Waals surface area (Å²) < 4.78 is 5.06. The van der Waals surface area contributed by atoms with Gasteiger partial charge in [0.1, 0.15) is 5.70 Å². The standard InChI is InChI=1S/C12H22N2O2/c1-3-14(13)11(12(15)16-4-2)10-8-6-5-7-9-10/h3-9,13H2,1-2H3. The summed E-state index contributed by atoms with van der Waals surface area (Å²) in [5.41, 5.74) is 1.75. The third-order valence-corrected chi connectivity index (χ3v) is 2.89. The molecule has 0 saturated heterocycles. The van der Waals surface area contributed by atoms with Crippen LogP contribution in [-0.4, -0.2) is 24.1 Å². The minimum atomic E-state index is -0.274. The van der Waals surface area contributed by atoms with Crippen LogP contribution in [0, 0.1) is 0 Å². The zero-order valence-electron chi connectivity index (χ0n) is 10.3. The fraction of sp³-hybridized carbons (Fsp3) is 0.750. The molecule has 16 heavy (non-hydrogen) atoms. The molecule has 0 aromatic rings. The van der Waals surface area contributed by atoms with E-state index in [4.69, 9.17) is 10.6 Å². The molecule has 0 unspecified atom stereocenters. The molecule has 92 valence electrons. The van der Waals surface area contributed by atoms with Gasteiger partial charge in [-0.05, 0) is 45.1 Å². The Morgan fingerprint density at radius 1 is 1.31 bits per heavy atom. The van der Waals surface area contributed by atoms with E-state index in [0.29, 0.717) is 18.8 Å². The number of carbonyl (C=O) groups is 1. The van der Waals surface area contributed by atoms with Gasteiger partial charge in [-0.3, -0.25) is 0 Å². The van der Waals surface area contributed by atoms with E-state index in [1.165, 1.54) is 11.4 Å². The van der Waals surface area contributed by atoms with Crippen molar-refractivity contribution in [2.45, 2.75) is 46.0 Å². The Hall–Kier alpha value is -1.03. The molecule has 1 aliphatic rings.